The minimum absolute atomic E-state index is 0.523. The van der Waals surface area contributed by atoms with Gasteiger partial charge in [-0.05, 0) is 121 Å². The number of aliphatic imine (C=N–C) groups is 3. The fraction of sp³-hybridized carbons (Fsp3) is 0.105. The number of aromatic nitrogens is 1. The summed E-state index contributed by atoms with van der Waals surface area (Å²) in [5, 5.41) is 4.87. The van der Waals surface area contributed by atoms with E-state index in [0.29, 0.717) is 18.2 Å². The second-order valence-corrected chi connectivity index (χ2v) is 15.9. The average Bonchev–Trinajstić information content (AvgIpc) is 3.67. The third-order valence-corrected chi connectivity index (χ3v) is 12.1. The fourth-order valence-corrected chi connectivity index (χ4v) is 9.08. The summed E-state index contributed by atoms with van der Waals surface area (Å²) in [5.41, 5.74) is 14.8. The number of hydrogen-bond acceptors (Lipinski definition) is 2. The van der Waals surface area contributed by atoms with Crippen LogP contribution in [0.1, 0.15) is 43.4 Å². The monoisotopic (exact) mass is 801 g/mol. The van der Waals surface area contributed by atoms with E-state index in [0.717, 1.165) is 63.9 Å². The molecule has 0 fully saturated rings. The second-order valence-electron chi connectivity index (χ2n) is 15.9. The number of para-hydroxylation sites is 2. The predicted molar refractivity (Wildman–Crippen MR) is 265 cm³/mol. The Kier molecular flexibility index (Phi) is 10.4. The number of allylic oxidation sites excluding steroid dienone is 4. The van der Waals surface area contributed by atoms with Crippen LogP contribution >= 0.6 is 0 Å². The summed E-state index contributed by atoms with van der Waals surface area (Å²) in [6.45, 7) is 8.60. The van der Waals surface area contributed by atoms with Gasteiger partial charge in [-0.3, -0.25) is 4.99 Å². The number of fused-ring (bicyclic) bond motifs is 7. The van der Waals surface area contributed by atoms with Crippen LogP contribution in [0, 0.1) is 0 Å². The molecule has 0 N–H and O–H groups in total. The minimum Gasteiger partial charge on any atom is -0.310 e. The molecule has 0 radical (unpaired) electrons. The SMILES string of the molecule is C=NC(=NC(=NCC(/C=C\C)=C/C)C1=CCCC=C1)c1cccc(-n2c3cc(-c4ccc5c(c4)N(c4ccccc4)c4ccccc4C5)ccc3c3c4ccccc4ccc32)c1. The smallest absolute Gasteiger partial charge is 0.161 e. The summed E-state index contributed by atoms with van der Waals surface area (Å²) in [6, 6.07) is 55.1. The van der Waals surface area contributed by atoms with Crippen LogP contribution in [0.2, 0.25) is 0 Å². The van der Waals surface area contributed by atoms with Crippen molar-refractivity contribution in [3.05, 3.63) is 216 Å². The van der Waals surface area contributed by atoms with Crippen molar-refractivity contribution >= 4 is 68.0 Å². The topological polar surface area (TPSA) is 45.2 Å². The van der Waals surface area contributed by atoms with Crippen molar-refractivity contribution in [2.45, 2.75) is 33.1 Å². The van der Waals surface area contributed by atoms with Crippen LogP contribution in [0.5, 0.6) is 0 Å². The van der Waals surface area contributed by atoms with Crippen LogP contribution in [0.3, 0.4) is 0 Å². The predicted octanol–water partition coefficient (Wildman–Crippen LogP) is 14.6. The molecule has 0 bridgehead atoms. The lowest BCUT2D eigenvalue weighted by atomic mass is 9.92. The Morgan fingerprint density at radius 2 is 1.45 bits per heavy atom. The van der Waals surface area contributed by atoms with Gasteiger partial charge in [0.2, 0.25) is 0 Å². The Balaban J connectivity index is 1.13. The third-order valence-electron chi connectivity index (χ3n) is 12.1. The Hall–Kier alpha value is -7.63. The molecular formula is C57H47N5. The number of rotatable bonds is 8. The lowest BCUT2D eigenvalue weighted by Crippen LogP contribution is -2.18. The minimum atomic E-state index is 0.523. The Bertz CT molecular complexity index is 3230. The van der Waals surface area contributed by atoms with E-state index in [9.17, 15) is 0 Å². The number of hydrogen-bond donors (Lipinski definition) is 0. The molecule has 0 saturated carbocycles. The van der Waals surface area contributed by atoms with Gasteiger partial charge in [0.05, 0.1) is 23.3 Å². The first kappa shape index (κ1) is 38.6. The van der Waals surface area contributed by atoms with Gasteiger partial charge in [-0.25, -0.2) is 9.98 Å². The zero-order chi connectivity index (χ0) is 42.0. The molecule has 8 aromatic rings. The fourth-order valence-electron chi connectivity index (χ4n) is 9.08. The summed E-state index contributed by atoms with van der Waals surface area (Å²) < 4.78 is 2.40. The van der Waals surface area contributed by atoms with E-state index >= 15 is 0 Å². The highest BCUT2D eigenvalue weighted by molar-refractivity contribution is 6.22. The van der Waals surface area contributed by atoms with Crippen LogP contribution in [0.15, 0.2) is 214 Å². The van der Waals surface area contributed by atoms with Gasteiger partial charge < -0.3 is 9.47 Å². The van der Waals surface area contributed by atoms with E-state index < -0.39 is 0 Å². The largest absolute Gasteiger partial charge is 0.310 e. The standard InChI is InChI=1S/C57H47N5/c1-4-17-39(5-2)38-59-57(41-19-8-6-9-20-41)60-56(58-3)46-22-16-25-48(35-46)62-52-33-31-40-18-12-14-26-49(40)55(52)50-32-30-43(37-54(50)62)42-28-29-45-34-44-21-13-15-27-51(44)61(53(45)36-42)47-23-10-7-11-24-47/h4-5,7-8,10-33,35-37H,3,6,9,34,38H2,1-2H3/b17-4-,39-5+,59-57?,60-56?. The Labute approximate surface area is 363 Å². The first-order valence-corrected chi connectivity index (χ1v) is 21.5. The normalized spacial score (nSPS) is 14.5. The lowest BCUT2D eigenvalue weighted by Gasteiger charge is -2.34. The quantitative estimate of drug-likeness (QED) is 0.0857. The van der Waals surface area contributed by atoms with Gasteiger partial charge in [0.1, 0.15) is 0 Å². The van der Waals surface area contributed by atoms with E-state index in [1.807, 2.05) is 19.9 Å². The molecule has 0 spiro atoms. The van der Waals surface area contributed by atoms with Gasteiger partial charge in [0.25, 0.3) is 0 Å². The number of amidine groups is 2. The van der Waals surface area contributed by atoms with E-state index in [-0.39, 0.29) is 0 Å². The average molecular weight is 802 g/mol. The maximum absolute atomic E-state index is 5.13. The lowest BCUT2D eigenvalue weighted by molar-refractivity contribution is 1.02. The van der Waals surface area contributed by atoms with E-state index in [1.54, 1.807) is 0 Å². The van der Waals surface area contributed by atoms with E-state index in [4.69, 9.17) is 9.98 Å². The molecule has 2 heterocycles. The van der Waals surface area contributed by atoms with Crippen molar-refractivity contribution in [3.63, 3.8) is 0 Å². The van der Waals surface area contributed by atoms with E-state index in [1.165, 1.54) is 49.6 Å². The highest BCUT2D eigenvalue weighted by Crippen LogP contribution is 2.46. The highest BCUT2D eigenvalue weighted by Gasteiger charge is 2.25. The molecule has 10 rings (SSSR count). The van der Waals surface area contributed by atoms with Gasteiger partial charge >= 0.3 is 0 Å². The van der Waals surface area contributed by atoms with Crippen molar-refractivity contribution in [1.82, 2.24) is 4.57 Å². The molecule has 1 aromatic heterocycles. The molecule has 300 valence electrons. The van der Waals surface area contributed by atoms with Crippen LogP contribution in [0.25, 0.3) is 49.4 Å². The summed E-state index contributed by atoms with van der Waals surface area (Å²) in [5.74, 6) is 1.19. The van der Waals surface area contributed by atoms with Crippen molar-refractivity contribution in [2.24, 2.45) is 15.0 Å². The molecule has 1 aliphatic heterocycles. The number of anilines is 3. The first-order chi connectivity index (χ1) is 30.6. The summed E-state index contributed by atoms with van der Waals surface area (Å²) in [7, 11) is 0. The Morgan fingerprint density at radius 1 is 0.661 bits per heavy atom. The molecule has 5 nitrogen and oxygen atoms in total. The maximum atomic E-state index is 5.13. The molecule has 7 aromatic carbocycles. The molecular weight excluding hydrogens is 755 g/mol. The highest BCUT2D eigenvalue weighted by atomic mass is 15.2. The van der Waals surface area contributed by atoms with Crippen molar-refractivity contribution < 1.29 is 0 Å². The second kappa shape index (κ2) is 16.8. The molecule has 0 unspecified atom stereocenters. The zero-order valence-corrected chi connectivity index (χ0v) is 35.2. The van der Waals surface area contributed by atoms with Crippen molar-refractivity contribution in [1.29, 1.82) is 0 Å². The van der Waals surface area contributed by atoms with Crippen molar-refractivity contribution in [2.75, 3.05) is 11.4 Å². The maximum Gasteiger partial charge on any atom is 0.161 e. The van der Waals surface area contributed by atoms with Gasteiger partial charge in [-0.2, -0.15) is 0 Å². The Morgan fingerprint density at radius 3 is 2.29 bits per heavy atom. The molecule has 62 heavy (non-hydrogen) atoms. The van der Waals surface area contributed by atoms with Gasteiger partial charge in [-0.15, -0.1) is 0 Å². The van der Waals surface area contributed by atoms with E-state index in [2.05, 4.69) is 203 Å². The number of benzene rings is 7. The molecule has 0 amide bonds. The molecule has 2 aliphatic rings. The molecule has 0 saturated heterocycles. The molecule has 0 atom stereocenters. The van der Waals surface area contributed by atoms with Gasteiger partial charge in [0.15, 0.2) is 11.7 Å². The molecule has 5 heteroatoms. The molecule has 1 aliphatic carbocycles. The number of nitrogens with zero attached hydrogens (tertiary/aromatic N) is 5. The summed E-state index contributed by atoms with van der Waals surface area (Å²) in [6.07, 6.45) is 15.6. The first-order valence-electron chi connectivity index (χ1n) is 21.5. The zero-order valence-electron chi connectivity index (χ0n) is 35.2. The van der Waals surface area contributed by atoms with Crippen LogP contribution in [0.4, 0.5) is 17.1 Å². The van der Waals surface area contributed by atoms with Crippen LogP contribution in [-0.4, -0.2) is 29.5 Å². The summed E-state index contributed by atoms with van der Waals surface area (Å²) >= 11 is 0. The third kappa shape index (κ3) is 7.11. The van der Waals surface area contributed by atoms with Gasteiger partial charge in [0, 0.05) is 45.4 Å². The van der Waals surface area contributed by atoms with Crippen LogP contribution in [-0.2, 0) is 6.42 Å². The van der Waals surface area contributed by atoms with Crippen LogP contribution < -0.4 is 4.90 Å². The van der Waals surface area contributed by atoms with Gasteiger partial charge in [-0.1, -0.05) is 140 Å². The summed E-state index contributed by atoms with van der Waals surface area (Å²) in [4.78, 5) is 17.1. The van der Waals surface area contributed by atoms with Crippen molar-refractivity contribution in [3.8, 4) is 16.8 Å².